The molecule has 0 saturated carbocycles. The number of allylic oxidation sites excluding steroid dienone is 3. The van der Waals surface area contributed by atoms with Crippen LogP contribution in [0, 0.1) is 23.7 Å². The molecule has 1 rings (SSSR count). The summed E-state index contributed by atoms with van der Waals surface area (Å²) >= 11 is 0. The van der Waals surface area contributed by atoms with Crippen LogP contribution in [0.2, 0.25) is 0 Å². The van der Waals surface area contributed by atoms with Crippen molar-refractivity contribution in [2.24, 2.45) is 23.7 Å². The van der Waals surface area contributed by atoms with E-state index in [0.29, 0.717) is 19.3 Å². The van der Waals surface area contributed by atoms with E-state index in [1.165, 1.54) is 0 Å². The van der Waals surface area contributed by atoms with Crippen molar-refractivity contribution in [1.29, 1.82) is 0 Å². The van der Waals surface area contributed by atoms with Crippen LogP contribution in [-0.2, 0) is 14.3 Å². The molecule has 0 bridgehead atoms. The third kappa shape index (κ3) is 7.17. The van der Waals surface area contributed by atoms with Crippen LogP contribution < -0.4 is 0 Å². The number of ether oxygens (including phenoxy) is 1. The number of aliphatic hydroxyl groups is 2. The summed E-state index contributed by atoms with van der Waals surface area (Å²) in [6.45, 7) is 11.4. The molecule has 0 spiro atoms. The SMILES string of the molecule is CCC1CC(C)C(=O)/C=C/C(C)=C/C(C)C(CC)OC(=O)CC(O)C(C)C1O. The van der Waals surface area contributed by atoms with E-state index in [-0.39, 0.29) is 36.1 Å². The number of esters is 1. The standard InChI is InChI=1S/C23H38O5/c1-7-18-12-15(4)19(24)10-9-14(3)11-16(5)21(8-2)28-22(26)13-20(25)17(6)23(18)27/h9-11,15-18,20-21,23,25,27H,7-8,12-13H2,1-6H3/b10-9+,14-11+. The number of hydrogen-bond acceptors (Lipinski definition) is 5. The maximum absolute atomic E-state index is 12.5. The minimum atomic E-state index is -0.986. The zero-order chi connectivity index (χ0) is 21.4. The van der Waals surface area contributed by atoms with Gasteiger partial charge in [0.25, 0.3) is 0 Å². The van der Waals surface area contributed by atoms with Crippen LogP contribution in [0.3, 0.4) is 0 Å². The molecule has 7 atom stereocenters. The predicted molar refractivity (Wildman–Crippen MR) is 111 cm³/mol. The van der Waals surface area contributed by atoms with Gasteiger partial charge in [-0.2, -0.15) is 0 Å². The van der Waals surface area contributed by atoms with Crippen LogP contribution in [0.15, 0.2) is 23.8 Å². The van der Waals surface area contributed by atoms with E-state index in [2.05, 4.69) is 0 Å². The Morgan fingerprint density at radius 2 is 1.71 bits per heavy atom. The maximum Gasteiger partial charge on any atom is 0.308 e. The van der Waals surface area contributed by atoms with Crippen molar-refractivity contribution in [3.8, 4) is 0 Å². The molecular formula is C23H38O5. The third-order valence-electron chi connectivity index (χ3n) is 5.98. The van der Waals surface area contributed by atoms with E-state index in [0.717, 1.165) is 5.57 Å². The molecule has 5 heteroatoms. The minimum Gasteiger partial charge on any atom is -0.462 e. The van der Waals surface area contributed by atoms with Crippen LogP contribution in [0.25, 0.3) is 0 Å². The lowest BCUT2D eigenvalue weighted by Gasteiger charge is -2.31. The van der Waals surface area contributed by atoms with Crippen molar-refractivity contribution >= 4 is 11.8 Å². The number of rotatable bonds is 2. The van der Waals surface area contributed by atoms with E-state index in [1.54, 1.807) is 19.1 Å². The molecule has 0 aromatic rings. The van der Waals surface area contributed by atoms with Gasteiger partial charge in [0.2, 0.25) is 0 Å². The molecule has 0 radical (unpaired) electrons. The van der Waals surface area contributed by atoms with Gasteiger partial charge in [-0.25, -0.2) is 0 Å². The number of carbonyl (C=O) groups excluding carboxylic acids is 2. The molecule has 7 unspecified atom stereocenters. The number of carbonyl (C=O) groups is 2. The summed E-state index contributed by atoms with van der Waals surface area (Å²) in [6.07, 6.45) is 5.07. The van der Waals surface area contributed by atoms with Gasteiger partial charge < -0.3 is 14.9 Å². The van der Waals surface area contributed by atoms with Crippen LogP contribution in [-0.4, -0.2) is 40.3 Å². The highest BCUT2D eigenvalue weighted by atomic mass is 16.5. The summed E-state index contributed by atoms with van der Waals surface area (Å²) in [7, 11) is 0. The van der Waals surface area contributed by atoms with E-state index in [4.69, 9.17) is 4.74 Å². The molecule has 2 N–H and O–H groups in total. The molecule has 1 heterocycles. The predicted octanol–water partition coefficient (Wildman–Crippen LogP) is 3.83. The van der Waals surface area contributed by atoms with E-state index in [1.807, 2.05) is 40.7 Å². The first-order chi connectivity index (χ1) is 13.1. The lowest BCUT2D eigenvalue weighted by molar-refractivity contribution is -0.154. The molecule has 5 nitrogen and oxygen atoms in total. The van der Waals surface area contributed by atoms with Gasteiger partial charge in [-0.15, -0.1) is 0 Å². The van der Waals surface area contributed by atoms with E-state index < -0.39 is 24.1 Å². The second kappa shape index (κ2) is 11.5. The summed E-state index contributed by atoms with van der Waals surface area (Å²) < 4.78 is 5.59. The highest BCUT2D eigenvalue weighted by Crippen LogP contribution is 2.28. The fourth-order valence-electron chi connectivity index (χ4n) is 3.87. The summed E-state index contributed by atoms with van der Waals surface area (Å²) in [4.78, 5) is 24.8. The molecular weight excluding hydrogens is 356 g/mol. The summed E-state index contributed by atoms with van der Waals surface area (Å²) in [5.74, 6) is -1.25. The highest BCUT2D eigenvalue weighted by molar-refractivity contribution is 5.91. The van der Waals surface area contributed by atoms with Gasteiger partial charge in [0.1, 0.15) is 6.10 Å². The first kappa shape index (κ1) is 24.6. The van der Waals surface area contributed by atoms with Gasteiger partial charge >= 0.3 is 5.97 Å². The van der Waals surface area contributed by atoms with Crippen molar-refractivity contribution in [2.45, 2.75) is 85.5 Å². The Kier molecular flexibility index (Phi) is 10.1. The zero-order valence-electron chi connectivity index (χ0n) is 18.2. The minimum absolute atomic E-state index is 0.0105. The number of hydrogen-bond donors (Lipinski definition) is 2. The van der Waals surface area contributed by atoms with Gasteiger partial charge in [-0.3, -0.25) is 9.59 Å². The highest BCUT2D eigenvalue weighted by Gasteiger charge is 2.32. The summed E-state index contributed by atoms with van der Waals surface area (Å²) in [6, 6.07) is 0. The lowest BCUT2D eigenvalue weighted by atomic mass is 9.80. The molecule has 28 heavy (non-hydrogen) atoms. The van der Waals surface area contributed by atoms with Gasteiger partial charge in [-0.05, 0) is 31.8 Å². The first-order valence-corrected chi connectivity index (χ1v) is 10.6. The summed E-state index contributed by atoms with van der Waals surface area (Å²) in [5, 5.41) is 21.2. The molecule has 160 valence electrons. The Balaban J connectivity index is 3.18. The third-order valence-corrected chi connectivity index (χ3v) is 5.98. The van der Waals surface area contributed by atoms with Gasteiger partial charge in [0.15, 0.2) is 5.78 Å². The van der Waals surface area contributed by atoms with Crippen LogP contribution in [0.4, 0.5) is 0 Å². The topological polar surface area (TPSA) is 83.8 Å². The Morgan fingerprint density at radius 1 is 1.07 bits per heavy atom. The van der Waals surface area contributed by atoms with E-state index in [9.17, 15) is 19.8 Å². The van der Waals surface area contributed by atoms with Crippen molar-refractivity contribution in [1.82, 2.24) is 0 Å². The molecule has 1 aliphatic heterocycles. The molecule has 0 saturated heterocycles. The Labute approximate surface area is 169 Å². The number of ketones is 1. The molecule has 0 fully saturated rings. The number of aliphatic hydroxyl groups excluding tert-OH is 2. The zero-order valence-corrected chi connectivity index (χ0v) is 18.2. The van der Waals surface area contributed by atoms with Crippen molar-refractivity contribution in [3.05, 3.63) is 23.8 Å². The second-order valence-corrected chi connectivity index (χ2v) is 8.37. The van der Waals surface area contributed by atoms with Gasteiger partial charge in [-0.1, -0.05) is 58.8 Å². The van der Waals surface area contributed by atoms with Crippen LogP contribution >= 0.6 is 0 Å². The van der Waals surface area contributed by atoms with Crippen LogP contribution in [0.5, 0.6) is 0 Å². The maximum atomic E-state index is 12.5. The molecule has 1 aliphatic rings. The van der Waals surface area contributed by atoms with E-state index >= 15 is 0 Å². The fourth-order valence-corrected chi connectivity index (χ4v) is 3.87. The first-order valence-electron chi connectivity index (χ1n) is 10.6. The second-order valence-electron chi connectivity index (χ2n) is 8.37. The molecule has 0 amide bonds. The van der Waals surface area contributed by atoms with Crippen molar-refractivity contribution in [3.63, 3.8) is 0 Å². The van der Waals surface area contributed by atoms with Gasteiger partial charge in [0.05, 0.1) is 18.6 Å². The molecule has 0 aromatic heterocycles. The number of cyclic esters (lactones) is 1. The van der Waals surface area contributed by atoms with Crippen LogP contribution in [0.1, 0.15) is 67.2 Å². The Bertz CT molecular complexity index is 580. The average Bonchev–Trinajstić information content (AvgIpc) is 2.65. The van der Waals surface area contributed by atoms with Crippen molar-refractivity contribution in [2.75, 3.05) is 0 Å². The average molecular weight is 395 g/mol. The monoisotopic (exact) mass is 394 g/mol. The largest absolute Gasteiger partial charge is 0.462 e. The Morgan fingerprint density at radius 3 is 2.29 bits per heavy atom. The lowest BCUT2D eigenvalue weighted by Crippen LogP contribution is -2.38. The Hall–Kier alpha value is -1.46. The normalized spacial score (nSPS) is 39.7. The molecule has 0 aromatic carbocycles. The van der Waals surface area contributed by atoms with Gasteiger partial charge in [0, 0.05) is 17.8 Å². The molecule has 0 aliphatic carbocycles. The van der Waals surface area contributed by atoms with Crippen molar-refractivity contribution < 1.29 is 24.5 Å². The smallest absolute Gasteiger partial charge is 0.308 e. The summed E-state index contributed by atoms with van der Waals surface area (Å²) in [5.41, 5.74) is 0.940. The fraction of sp³-hybridized carbons (Fsp3) is 0.739. The quantitative estimate of drug-likeness (QED) is 0.696.